The molecular weight excluding hydrogens is 316 g/mol. The van der Waals surface area contributed by atoms with E-state index < -0.39 is 5.54 Å². The number of thioether (sulfide) groups is 1. The Balaban J connectivity index is 1.91. The number of nitrogens with one attached hydrogen (secondary N) is 1. The zero-order valence-corrected chi connectivity index (χ0v) is 14.0. The second-order valence-corrected chi connectivity index (χ2v) is 6.48. The minimum atomic E-state index is -0.867. The van der Waals surface area contributed by atoms with Crippen LogP contribution >= 0.6 is 11.8 Å². The molecule has 1 heterocycles. The maximum atomic E-state index is 12.4. The summed E-state index contributed by atoms with van der Waals surface area (Å²) in [5.41, 5.74) is 7.04. The molecule has 1 saturated heterocycles. The Labute approximate surface area is 140 Å². The van der Waals surface area contributed by atoms with Crippen LogP contribution in [-0.2, 0) is 24.8 Å². The van der Waals surface area contributed by atoms with Crippen molar-refractivity contribution in [1.29, 1.82) is 0 Å². The Morgan fingerprint density at radius 2 is 2.13 bits per heavy atom. The summed E-state index contributed by atoms with van der Waals surface area (Å²) in [6.07, 6.45) is 1.04. The van der Waals surface area contributed by atoms with Crippen molar-refractivity contribution in [3.63, 3.8) is 0 Å². The molecule has 0 bridgehead atoms. The second-order valence-electron chi connectivity index (χ2n) is 5.49. The van der Waals surface area contributed by atoms with E-state index in [4.69, 9.17) is 10.5 Å². The SMILES string of the molecule is COC(=O)CSCc1cccc(NC(=O)C2(N)CCOCC2)c1. The number of carbonyl (C=O) groups excluding carboxylic acids is 2. The average Bonchev–Trinajstić information content (AvgIpc) is 2.55. The molecule has 3 N–H and O–H groups in total. The van der Waals surface area contributed by atoms with E-state index in [1.807, 2.05) is 24.3 Å². The zero-order valence-electron chi connectivity index (χ0n) is 13.2. The Morgan fingerprint density at radius 3 is 2.83 bits per heavy atom. The normalized spacial score (nSPS) is 16.6. The van der Waals surface area contributed by atoms with E-state index >= 15 is 0 Å². The quantitative estimate of drug-likeness (QED) is 0.765. The number of methoxy groups -OCH3 is 1. The molecule has 2 rings (SSSR count). The van der Waals surface area contributed by atoms with Gasteiger partial charge in [-0.2, -0.15) is 0 Å². The van der Waals surface area contributed by atoms with E-state index in [0.717, 1.165) is 5.56 Å². The van der Waals surface area contributed by atoms with Crippen LogP contribution in [-0.4, -0.2) is 43.5 Å². The number of ether oxygens (including phenoxy) is 2. The number of anilines is 1. The minimum Gasteiger partial charge on any atom is -0.468 e. The van der Waals surface area contributed by atoms with E-state index in [0.29, 0.717) is 43.2 Å². The van der Waals surface area contributed by atoms with Gasteiger partial charge in [-0.3, -0.25) is 9.59 Å². The van der Waals surface area contributed by atoms with Gasteiger partial charge >= 0.3 is 5.97 Å². The van der Waals surface area contributed by atoms with Gasteiger partial charge in [-0.05, 0) is 30.5 Å². The lowest BCUT2D eigenvalue weighted by Gasteiger charge is -2.31. The molecule has 1 aromatic carbocycles. The van der Waals surface area contributed by atoms with Gasteiger partial charge in [0, 0.05) is 24.7 Å². The van der Waals surface area contributed by atoms with Crippen molar-refractivity contribution in [2.75, 3.05) is 31.4 Å². The molecule has 23 heavy (non-hydrogen) atoms. The maximum Gasteiger partial charge on any atom is 0.315 e. The summed E-state index contributed by atoms with van der Waals surface area (Å²) in [4.78, 5) is 23.5. The smallest absolute Gasteiger partial charge is 0.315 e. The van der Waals surface area contributed by atoms with Crippen LogP contribution in [0.4, 0.5) is 5.69 Å². The molecule has 1 fully saturated rings. The highest BCUT2D eigenvalue weighted by atomic mass is 32.2. The fourth-order valence-electron chi connectivity index (χ4n) is 2.27. The van der Waals surface area contributed by atoms with Crippen molar-refractivity contribution in [1.82, 2.24) is 0 Å². The Hall–Kier alpha value is -1.57. The number of carbonyl (C=O) groups is 2. The maximum absolute atomic E-state index is 12.4. The third-order valence-corrected chi connectivity index (χ3v) is 4.72. The zero-order chi connectivity index (χ0) is 16.7. The van der Waals surface area contributed by atoms with Crippen LogP contribution in [0, 0.1) is 0 Å². The van der Waals surface area contributed by atoms with Crippen molar-refractivity contribution in [3.05, 3.63) is 29.8 Å². The summed E-state index contributed by atoms with van der Waals surface area (Å²) in [7, 11) is 1.37. The summed E-state index contributed by atoms with van der Waals surface area (Å²) >= 11 is 1.47. The molecular formula is C16H22N2O4S. The molecule has 1 aliphatic rings. The van der Waals surface area contributed by atoms with E-state index in [9.17, 15) is 9.59 Å². The molecule has 0 aromatic heterocycles. The highest BCUT2D eigenvalue weighted by Gasteiger charge is 2.35. The number of hydrogen-bond donors (Lipinski definition) is 2. The van der Waals surface area contributed by atoms with E-state index in [2.05, 4.69) is 10.1 Å². The van der Waals surface area contributed by atoms with Gasteiger partial charge in [0.1, 0.15) is 5.54 Å². The highest BCUT2D eigenvalue weighted by molar-refractivity contribution is 7.99. The van der Waals surface area contributed by atoms with Gasteiger partial charge in [0.2, 0.25) is 5.91 Å². The predicted octanol–water partition coefficient (Wildman–Crippen LogP) is 1.54. The van der Waals surface area contributed by atoms with Crippen molar-refractivity contribution in [2.24, 2.45) is 5.73 Å². The van der Waals surface area contributed by atoms with Gasteiger partial charge in [-0.15, -0.1) is 11.8 Å². The molecule has 0 saturated carbocycles. The largest absolute Gasteiger partial charge is 0.468 e. The third kappa shape index (κ3) is 5.23. The van der Waals surface area contributed by atoms with Crippen molar-refractivity contribution < 1.29 is 19.1 Å². The van der Waals surface area contributed by atoms with Gasteiger partial charge in [0.05, 0.1) is 12.9 Å². The first-order valence-corrected chi connectivity index (χ1v) is 8.60. The number of amides is 1. The van der Waals surface area contributed by atoms with Crippen LogP contribution in [0.1, 0.15) is 18.4 Å². The number of hydrogen-bond acceptors (Lipinski definition) is 6. The van der Waals surface area contributed by atoms with Crippen LogP contribution in [0.25, 0.3) is 0 Å². The van der Waals surface area contributed by atoms with Crippen LogP contribution in [0.3, 0.4) is 0 Å². The standard InChI is InChI=1S/C16H22N2O4S/c1-21-14(19)11-23-10-12-3-2-4-13(9-12)18-15(20)16(17)5-7-22-8-6-16/h2-4,9H,5-8,10-11,17H2,1H3,(H,18,20). The van der Waals surface area contributed by atoms with Gasteiger partial charge in [0.15, 0.2) is 0 Å². The topological polar surface area (TPSA) is 90.7 Å². The fraction of sp³-hybridized carbons (Fsp3) is 0.500. The first kappa shape index (κ1) is 17.8. The second kappa shape index (κ2) is 8.33. The summed E-state index contributed by atoms with van der Waals surface area (Å²) in [6.45, 7) is 1.02. The number of rotatable bonds is 6. The Kier molecular flexibility index (Phi) is 6.44. The molecule has 7 heteroatoms. The lowest BCUT2D eigenvalue weighted by molar-refractivity contribution is -0.137. The van der Waals surface area contributed by atoms with Crippen LogP contribution in [0.5, 0.6) is 0 Å². The lowest BCUT2D eigenvalue weighted by Crippen LogP contribution is -2.54. The molecule has 126 valence electrons. The molecule has 0 atom stereocenters. The summed E-state index contributed by atoms with van der Waals surface area (Å²) in [5, 5.41) is 2.88. The first-order valence-electron chi connectivity index (χ1n) is 7.45. The Morgan fingerprint density at radius 1 is 1.39 bits per heavy atom. The first-order chi connectivity index (χ1) is 11.0. The van der Waals surface area contributed by atoms with Gasteiger partial charge in [0.25, 0.3) is 0 Å². The molecule has 6 nitrogen and oxygen atoms in total. The van der Waals surface area contributed by atoms with Crippen molar-refractivity contribution >= 4 is 29.3 Å². The summed E-state index contributed by atoms with van der Waals surface area (Å²) in [5.74, 6) is 0.545. The number of benzene rings is 1. The third-order valence-electron chi connectivity index (χ3n) is 3.74. The van der Waals surface area contributed by atoms with Gasteiger partial charge in [-0.1, -0.05) is 12.1 Å². The van der Waals surface area contributed by atoms with Crippen molar-refractivity contribution in [2.45, 2.75) is 24.1 Å². The molecule has 1 amide bonds. The van der Waals surface area contributed by atoms with E-state index in [1.165, 1.54) is 18.9 Å². The molecule has 1 aromatic rings. The fourth-order valence-corrected chi connectivity index (χ4v) is 3.07. The average molecular weight is 338 g/mol. The highest BCUT2D eigenvalue weighted by Crippen LogP contribution is 2.21. The molecule has 0 aliphatic carbocycles. The van der Waals surface area contributed by atoms with Crippen LogP contribution < -0.4 is 11.1 Å². The van der Waals surface area contributed by atoms with Crippen molar-refractivity contribution in [3.8, 4) is 0 Å². The molecule has 1 aliphatic heterocycles. The van der Waals surface area contributed by atoms with E-state index in [1.54, 1.807) is 0 Å². The van der Waals surface area contributed by atoms with Crippen LogP contribution in [0.2, 0.25) is 0 Å². The molecule has 0 unspecified atom stereocenters. The number of esters is 1. The van der Waals surface area contributed by atoms with Gasteiger partial charge in [-0.25, -0.2) is 0 Å². The van der Waals surface area contributed by atoms with Gasteiger partial charge < -0.3 is 20.5 Å². The Bertz CT molecular complexity index is 559. The summed E-state index contributed by atoms with van der Waals surface area (Å²) < 4.78 is 9.86. The lowest BCUT2D eigenvalue weighted by atomic mass is 9.90. The minimum absolute atomic E-state index is 0.180. The van der Waals surface area contributed by atoms with Crippen LogP contribution in [0.15, 0.2) is 24.3 Å². The monoisotopic (exact) mass is 338 g/mol. The predicted molar refractivity (Wildman–Crippen MR) is 90.2 cm³/mol. The number of nitrogens with two attached hydrogens (primary N) is 1. The summed E-state index contributed by atoms with van der Waals surface area (Å²) in [6, 6.07) is 7.54. The van der Waals surface area contributed by atoms with E-state index in [-0.39, 0.29) is 11.9 Å². The molecule has 0 spiro atoms. The molecule has 0 radical (unpaired) electrons.